The summed E-state index contributed by atoms with van der Waals surface area (Å²) in [7, 11) is 3.30. The number of carbonyl (C=O) groups excluding carboxylic acids is 1. The van der Waals surface area contributed by atoms with Gasteiger partial charge in [0.05, 0.1) is 23.1 Å². The monoisotopic (exact) mass is 396 g/mol. The zero-order valence-electron chi connectivity index (χ0n) is 13.4. The molecule has 1 aromatic heterocycles. The van der Waals surface area contributed by atoms with Gasteiger partial charge in [0.2, 0.25) is 0 Å². The van der Waals surface area contributed by atoms with Crippen LogP contribution < -0.4 is 0 Å². The minimum atomic E-state index is -0.979. The first-order valence-electron chi connectivity index (χ1n) is 7.07. The van der Waals surface area contributed by atoms with Gasteiger partial charge in [0.1, 0.15) is 12.4 Å². The van der Waals surface area contributed by atoms with E-state index in [2.05, 4.69) is 21.0 Å². The molecule has 1 aromatic carbocycles. The lowest BCUT2D eigenvalue weighted by Crippen LogP contribution is -2.23. The summed E-state index contributed by atoms with van der Waals surface area (Å²) in [6.07, 6.45) is 1.39. The van der Waals surface area contributed by atoms with E-state index in [1.807, 2.05) is 6.92 Å². The van der Waals surface area contributed by atoms with Crippen molar-refractivity contribution in [2.45, 2.75) is 19.6 Å². The topological polar surface area (TPSA) is 102 Å². The molecule has 2 rings (SSSR count). The maximum absolute atomic E-state index is 12.3. The molecule has 8 nitrogen and oxygen atoms in total. The van der Waals surface area contributed by atoms with Gasteiger partial charge >= 0.3 is 5.69 Å². The summed E-state index contributed by atoms with van der Waals surface area (Å²) in [5.74, 6) is -0.186. The van der Waals surface area contributed by atoms with E-state index in [1.165, 1.54) is 15.8 Å². The molecule has 1 N–H and O–H groups in total. The molecule has 1 atom stereocenters. The van der Waals surface area contributed by atoms with Gasteiger partial charge in [0.15, 0.2) is 0 Å². The highest BCUT2D eigenvalue weighted by atomic mass is 79.9. The second-order valence-electron chi connectivity index (χ2n) is 5.61. The molecule has 0 aliphatic rings. The van der Waals surface area contributed by atoms with E-state index < -0.39 is 11.0 Å². The molecule has 0 saturated carbocycles. The molecule has 0 aliphatic carbocycles. The van der Waals surface area contributed by atoms with Crippen molar-refractivity contribution in [2.24, 2.45) is 0 Å². The summed E-state index contributed by atoms with van der Waals surface area (Å²) in [5.41, 5.74) is 1.65. The number of aromatic nitrogens is 2. The van der Waals surface area contributed by atoms with Crippen molar-refractivity contribution in [1.82, 2.24) is 14.7 Å². The van der Waals surface area contributed by atoms with Crippen LogP contribution in [0.4, 0.5) is 5.69 Å². The van der Waals surface area contributed by atoms with Crippen LogP contribution in [0.15, 0.2) is 29.0 Å². The molecule has 9 heteroatoms. The average molecular weight is 397 g/mol. The van der Waals surface area contributed by atoms with Gasteiger partial charge in [-0.3, -0.25) is 19.6 Å². The Bertz CT molecular complexity index is 788. The van der Waals surface area contributed by atoms with Crippen molar-refractivity contribution in [1.29, 1.82) is 0 Å². The first kappa shape index (κ1) is 18.1. The summed E-state index contributed by atoms with van der Waals surface area (Å²) in [5, 5.41) is 25.0. The number of aryl methyl sites for hydroxylation is 1. The van der Waals surface area contributed by atoms with Crippen LogP contribution in [-0.2, 0) is 6.54 Å². The van der Waals surface area contributed by atoms with E-state index in [9.17, 15) is 20.0 Å². The van der Waals surface area contributed by atoms with Crippen LogP contribution in [0.25, 0.3) is 0 Å². The van der Waals surface area contributed by atoms with Crippen molar-refractivity contribution in [3.8, 4) is 0 Å². The Balaban J connectivity index is 2.33. The molecule has 0 fully saturated rings. The molecule has 2 aromatic rings. The molecule has 0 radical (unpaired) electrons. The van der Waals surface area contributed by atoms with E-state index in [0.29, 0.717) is 15.6 Å². The average Bonchev–Trinajstić information content (AvgIpc) is 2.97. The Morgan fingerprint density at radius 3 is 2.71 bits per heavy atom. The van der Waals surface area contributed by atoms with Crippen molar-refractivity contribution >= 4 is 27.5 Å². The predicted octanol–water partition coefficient (Wildman–Crippen LogP) is 2.30. The smallest absolute Gasteiger partial charge is 0.306 e. The summed E-state index contributed by atoms with van der Waals surface area (Å²) in [6, 6.07) is 3.50. The minimum Gasteiger partial charge on any atom is -0.386 e. The Morgan fingerprint density at radius 2 is 2.17 bits per heavy atom. The summed E-state index contributed by atoms with van der Waals surface area (Å²) >= 11 is 3.38. The number of amides is 1. The fraction of sp³-hybridized carbons (Fsp3) is 0.333. The van der Waals surface area contributed by atoms with E-state index in [0.717, 1.165) is 11.8 Å². The minimum absolute atomic E-state index is 0.0332. The molecule has 0 saturated heterocycles. The standard InChI is InChI=1S/C15H17BrN4O4/c1-9-4-11(14(16)12(5-9)15(22)18(2)3)13(21)8-19-7-10(6-17-19)20(23)24/h4-7,13,21H,8H2,1-3H3. The van der Waals surface area contributed by atoms with Crippen LogP contribution in [-0.4, -0.2) is 44.7 Å². The second-order valence-corrected chi connectivity index (χ2v) is 6.40. The lowest BCUT2D eigenvalue weighted by atomic mass is 10.0. The molecule has 128 valence electrons. The molecular formula is C15H17BrN4O4. The highest BCUT2D eigenvalue weighted by Gasteiger charge is 2.21. The molecule has 0 spiro atoms. The van der Waals surface area contributed by atoms with Crippen LogP contribution in [0.5, 0.6) is 0 Å². The van der Waals surface area contributed by atoms with E-state index in [4.69, 9.17) is 0 Å². The number of halogens is 1. The first-order chi connectivity index (χ1) is 11.2. The summed E-state index contributed by atoms with van der Waals surface area (Å²) in [6.45, 7) is 1.86. The molecule has 1 heterocycles. The SMILES string of the molecule is Cc1cc(C(=O)N(C)C)c(Br)c(C(O)Cn2cc([N+](=O)[O-])cn2)c1. The van der Waals surface area contributed by atoms with Crippen LogP contribution >= 0.6 is 15.9 Å². The van der Waals surface area contributed by atoms with E-state index >= 15 is 0 Å². The Hall–Kier alpha value is -2.26. The number of carbonyl (C=O) groups is 1. The van der Waals surface area contributed by atoms with Crippen molar-refractivity contribution in [3.63, 3.8) is 0 Å². The van der Waals surface area contributed by atoms with Crippen molar-refractivity contribution in [3.05, 3.63) is 55.8 Å². The van der Waals surface area contributed by atoms with E-state index in [-0.39, 0.29) is 18.1 Å². The molecule has 24 heavy (non-hydrogen) atoms. The van der Waals surface area contributed by atoms with Crippen LogP contribution in [0.3, 0.4) is 0 Å². The largest absolute Gasteiger partial charge is 0.386 e. The molecule has 0 bridgehead atoms. The summed E-state index contributed by atoms with van der Waals surface area (Å²) < 4.78 is 1.80. The number of hydrogen-bond acceptors (Lipinski definition) is 5. The molecule has 0 aliphatic heterocycles. The summed E-state index contributed by atoms with van der Waals surface area (Å²) in [4.78, 5) is 23.8. The Labute approximate surface area is 147 Å². The van der Waals surface area contributed by atoms with Gasteiger partial charge in [-0.15, -0.1) is 0 Å². The highest BCUT2D eigenvalue weighted by molar-refractivity contribution is 9.10. The second kappa shape index (κ2) is 7.10. The fourth-order valence-electron chi connectivity index (χ4n) is 2.26. The zero-order valence-corrected chi connectivity index (χ0v) is 15.0. The lowest BCUT2D eigenvalue weighted by Gasteiger charge is -2.18. The lowest BCUT2D eigenvalue weighted by molar-refractivity contribution is -0.385. The van der Waals surface area contributed by atoms with Crippen LogP contribution in [0, 0.1) is 17.0 Å². The molecule has 1 unspecified atom stereocenters. The number of hydrogen-bond donors (Lipinski definition) is 1. The molecule has 1 amide bonds. The number of nitro groups is 1. The third kappa shape index (κ3) is 3.80. The first-order valence-corrected chi connectivity index (χ1v) is 7.86. The van der Waals surface area contributed by atoms with Crippen molar-refractivity contribution in [2.75, 3.05) is 14.1 Å². The number of benzene rings is 1. The highest BCUT2D eigenvalue weighted by Crippen LogP contribution is 2.30. The third-order valence-corrected chi connectivity index (χ3v) is 4.32. The van der Waals surface area contributed by atoms with Crippen LogP contribution in [0.1, 0.15) is 27.6 Å². The van der Waals surface area contributed by atoms with Crippen LogP contribution in [0.2, 0.25) is 0 Å². The van der Waals surface area contributed by atoms with Gasteiger partial charge < -0.3 is 10.0 Å². The van der Waals surface area contributed by atoms with Crippen molar-refractivity contribution < 1.29 is 14.8 Å². The van der Waals surface area contributed by atoms with Gasteiger partial charge in [-0.25, -0.2) is 0 Å². The van der Waals surface area contributed by atoms with Gasteiger partial charge in [-0.2, -0.15) is 5.10 Å². The quantitative estimate of drug-likeness (QED) is 0.616. The predicted molar refractivity (Wildman–Crippen MR) is 90.7 cm³/mol. The van der Waals surface area contributed by atoms with Gasteiger partial charge in [0, 0.05) is 18.6 Å². The Morgan fingerprint density at radius 1 is 1.50 bits per heavy atom. The van der Waals surface area contributed by atoms with Gasteiger partial charge in [0.25, 0.3) is 5.91 Å². The number of rotatable bonds is 5. The number of aliphatic hydroxyl groups excluding tert-OH is 1. The zero-order chi connectivity index (χ0) is 18.0. The normalized spacial score (nSPS) is 12.0. The van der Waals surface area contributed by atoms with Gasteiger partial charge in [-0.1, -0.05) is 6.07 Å². The number of nitrogens with zero attached hydrogens (tertiary/aromatic N) is 4. The number of aliphatic hydroxyl groups is 1. The Kier molecular flexibility index (Phi) is 5.35. The van der Waals surface area contributed by atoms with Gasteiger partial charge in [-0.05, 0) is 40.0 Å². The molecular weight excluding hydrogens is 380 g/mol. The third-order valence-electron chi connectivity index (χ3n) is 3.43. The van der Waals surface area contributed by atoms with E-state index in [1.54, 1.807) is 26.2 Å². The maximum Gasteiger partial charge on any atom is 0.306 e. The fourth-order valence-corrected chi connectivity index (χ4v) is 2.92. The maximum atomic E-state index is 12.3.